The molecule has 0 spiro atoms. The van der Waals surface area contributed by atoms with Crippen LogP contribution in [-0.4, -0.2) is 0 Å². The van der Waals surface area contributed by atoms with Gasteiger partial charge in [-0.05, 0) is 30.2 Å². The Morgan fingerprint density at radius 3 is 2.29 bits per heavy atom. The molecule has 0 aliphatic heterocycles. The summed E-state index contributed by atoms with van der Waals surface area (Å²) in [6.07, 6.45) is 4.71. The monoisotopic (exact) mass is 189 g/mol. The SMILES string of the molecule is [CH2]CCC(C)(C)CCc1ccccc1. The first-order chi connectivity index (χ1) is 6.64. The summed E-state index contributed by atoms with van der Waals surface area (Å²) in [7, 11) is 0. The van der Waals surface area contributed by atoms with E-state index in [0.29, 0.717) is 5.41 Å². The van der Waals surface area contributed by atoms with E-state index in [-0.39, 0.29) is 0 Å². The van der Waals surface area contributed by atoms with Gasteiger partial charge >= 0.3 is 0 Å². The Labute approximate surface area is 88.4 Å². The molecule has 0 nitrogen and oxygen atoms in total. The van der Waals surface area contributed by atoms with Crippen LogP contribution in [-0.2, 0) is 6.42 Å². The molecule has 0 unspecified atom stereocenters. The maximum absolute atomic E-state index is 3.93. The Hall–Kier alpha value is -0.780. The highest BCUT2D eigenvalue weighted by Crippen LogP contribution is 2.28. The molecule has 0 atom stereocenters. The Kier molecular flexibility index (Phi) is 4.19. The molecule has 0 amide bonds. The van der Waals surface area contributed by atoms with Gasteiger partial charge in [0, 0.05) is 0 Å². The Morgan fingerprint density at radius 1 is 1.07 bits per heavy atom. The van der Waals surface area contributed by atoms with Crippen molar-refractivity contribution in [1.29, 1.82) is 0 Å². The topological polar surface area (TPSA) is 0 Å². The van der Waals surface area contributed by atoms with Crippen molar-refractivity contribution in [3.63, 3.8) is 0 Å². The van der Waals surface area contributed by atoms with E-state index < -0.39 is 0 Å². The third-order valence-electron chi connectivity index (χ3n) is 2.79. The van der Waals surface area contributed by atoms with Gasteiger partial charge in [-0.25, -0.2) is 0 Å². The standard InChI is InChI=1S/C14H21/c1-4-11-14(2,3)12-10-13-8-6-5-7-9-13/h5-9H,1,4,10-12H2,2-3H3. The van der Waals surface area contributed by atoms with Crippen LogP contribution in [0, 0.1) is 12.3 Å². The van der Waals surface area contributed by atoms with Crippen molar-refractivity contribution in [3.05, 3.63) is 42.8 Å². The maximum atomic E-state index is 3.93. The van der Waals surface area contributed by atoms with Crippen LogP contribution in [0.3, 0.4) is 0 Å². The van der Waals surface area contributed by atoms with Gasteiger partial charge < -0.3 is 0 Å². The minimum Gasteiger partial charge on any atom is -0.0622 e. The number of hydrogen-bond acceptors (Lipinski definition) is 0. The molecule has 14 heavy (non-hydrogen) atoms. The molecule has 1 aromatic carbocycles. The van der Waals surface area contributed by atoms with Crippen LogP contribution in [0.5, 0.6) is 0 Å². The largest absolute Gasteiger partial charge is 0.0622 e. The van der Waals surface area contributed by atoms with Gasteiger partial charge in [0.1, 0.15) is 0 Å². The van der Waals surface area contributed by atoms with Crippen molar-refractivity contribution in [2.24, 2.45) is 5.41 Å². The minimum atomic E-state index is 0.442. The second-order valence-corrected chi connectivity index (χ2v) is 4.75. The molecule has 0 aliphatic rings. The quantitative estimate of drug-likeness (QED) is 0.649. The van der Waals surface area contributed by atoms with E-state index in [2.05, 4.69) is 51.1 Å². The molecule has 1 aromatic rings. The lowest BCUT2D eigenvalue weighted by molar-refractivity contribution is 0.310. The fourth-order valence-corrected chi connectivity index (χ4v) is 1.73. The predicted molar refractivity (Wildman–Crippen MR) is 63.1 cm³/mol. The lowest BCUT2D eigenvalue weighted by atomic mass is 9.82. The highest BCUT2D eigenvalue weighted by Gasteiger charge is 2.15. The van der Waals surface area contributed by atoms with Gasteiger partial charge in [0.05, 0.1) is 0 Å². The molecule has 1 rings (SSSR count). The zero-order chi connectivity index (χ0) is 10.4. The van der Waals surface area contributed by atoms with Gasteiger partial charge in [-0.3, -0.25) is 0 Å². The number of hydrogen-bond donors (Lipinski definition) is 0. The smallest absolute Gasteiger partial charge is 0.0274 e. The average molecular weight is 189 g/mol. The van der Waals surface area contributed by atoms with Crippen LogP contribution >= 0.6 is 0 Å². The second-order valence-electron chi connectivity index (χ2n) is 4.75. The van der Waals surface area contributed by atoms with E-state index in [1.165, 1.54) is 24.8 Å². The van der Waals surface area contributed by atoms with Crippen LogP contribution in [0.1, 0.15) is 38.7 Å². The molecule has 0 saturated carbocycles. The predicted octanol–water partition coefficient (Wildman–Crippen LogP) is 4.26. The van der Waals surface area contributed by atoms with E-state index in [1.807, 2.05) is 0 Å². The summed E-state index contributed by atoms with van der Waals surface area (Å²) in [5, 5.41) is 0. The summed E-state index contributed by atoms with van der Waals surface area (Å²) in [5.41, 5.74) is 1.89. The summed E-state index contributed by atoms with van der Waals surface area (Å²) in [5.74, 6) is 0. The summed E-state index contributed by atoms with van der Waals surface area (Å²) < 4.78 is 0. The van der Waals surface area contributed by atoms with Crippen LogP contribution in [0.15, 0.2) is 30.3 Å². The lowest BCUT2D eigenvalue weighted by Gasteiger charge is -2.23. The highest BCUT2D eigenvalue weighted by molar-refractivity contribution is 5.14. The van der Waals surface area contributed by atoms with Crippen LogP contribution in [0.2, 0.25) is 0 Å². The molecule has 0 aliphatic carbocycles. The van der Waals surface area contributed by atoms with Gasteiger partial charge in [0.25, 0.3) is 0 Å². The van der Waals surface area contributed by atoms with Crippen molar-refractivity contribution in [1.82, 2.24) is 0 Å². The van der Waals surface area contributed by atoms with E-state index in [1.54, 1.807) is 0 Å². The first kappa shape index (κ1) is 11.3. The molecule has 1 radical (unpaired) electrons. The number of rotatable bonds is 5. The van der Waals surface area contributed by atoms with Crippen LogP contribution in [0.25, 0.3) is 0 Å². The zero-order valence-electron chi connectivity index (χ0n) is 9.42. The molecular weight excluding hydrogens is 168 g/mol. The fraction of sp³-hybridized carbons (Fsp3) is 0.500. The number of benzene rings is 1. The maximum Gasteiger partial charge on any atom is -0.0274 e. The molecule has 0 saturated heterocycles. The van der Waals surface area contributed by atoms with E-state index in [9.17, 15) is 0 Å². The first-order valence-corrected chi connectivity index (χ1v) is 5.47. The molecule has 0 N–H and O–H groups in total. The second kappa shape index (κ2) is 5.19. The summed E-state index contributed by atoms with van der Waals surface area (Å²) in [4.78, 5) is 0. The van der Waals surface area contributed by atoms with Crippen molar-refractivity contribution in [2.75, 3.05) is 0 Å². The summed E-state index contributed by atoms with van der Waals surface area (Å²) in [6.45, 7) is 8.59. The van der Waals surface area contributed by atoms with Gasteiger partial charge in [-0.15, -0.1) is 0 Å². The molecular formula is C14H21. The molecule has 0 heteroatoms. The van der Waals surface area contributed by atoms with E-state index >= 15 is 0 Å². The third-order valence-corrected chi connectivity index (χ3v) is 2.79. The first-order valence-electron chi connectivity index (χ1n) is 5.47. The van der Waals surface area contributed by atoms with Gasteiger partial charge in [-0.2, -0.15) is 0 Å². The van der Waals surface area contributed by atoms with Gasteiger partial charge in [-0.1, -0.05) is 57.5 Å². The summed E-state index contributed by atoms with van der Waals surface area (Å²) >= 11 is 0. The highest BCUT2D eigenvalue weighted by atomic mass is 14.2. The molecule has 0 bridgehead atoms. The van der Waals surface area contributed by atoms with Crippen molar-refractivity contribution in [2.45, 2.75) is 39.5 Å². The third kappa shape index (κ3) is 3.95. The molecule has 77 valence electrons. The fourth-order valence-electron chi connectivity index (χ4n) is 1.73. The molecule has 0 fully saturated rings. The Morgan fingerprint density at radius 2 is 1.71 bits per heavy atom. The number of aryl methyl sites for hydroxylation is 1. The van der Waals surface area contributed by atoms with Crippen LogP contribution < -0.4 is 0 Å². The molecule has 0 aromatic heterocycles. The Bertz CT molecular complexity index is 246. The zero-order valence-corrected chi connectivity index (χ0v) is 9.42. The van der Waals surface area contributed by atoms with Crippen LogP contribution in [0.4, 0.5) is 0 Å². The van der Waals surface area contributed by atoms with E-state index in [0.717, 1.165) is 6.42 Å². The van der Waals surface area contributed by atoms with Gasteiger partial charge in [0.2, 0.25) is 0 Å². The summed E-state index contributed by atoms with van der Waals surface area (Å²) in [6, 6.07) is 10.7. The van der Waals surface area contributed by atoms with Crippen molar-refractivity contribution < 1.29 is 0 Å². The van der Waals surface area contributed by atoms with Gasteiger partial charge in [0.15, 0.2) is 0 Å². The minimum absolute atomic E-state index is 0.442. The van der Waals surface area contributed by atoms with E-state index in [4.69, 9.17) is 0 Å². The normalized spacial score (nSPS) is 11.6. The van der Waals surface area contributed by atoms with Crippen molar-refractivity contribution in [3.8, 4) is 0 Å². The van der Waals surface area contributed by atoms with Crippen molar-refractivity contribution >= 4 is 0 Å². The average Bonchev–Trinajstić information content (AvgIpc) is 2.17. The molecule has 0 heterocycles. The lowest BCUT2D eigenvalue weighted by Crippen LogP contribution is -2.11. The Balaban J connectivity index is 2.40.